The molecule has 0 bridgehead atoms. The third-order valence-corrected chi connectivity index (χ3v) is 4.62. The van der Waals surface area contributed by atoms with E-state index in [1.165, 1.54) is 11.1 Å². The van der Waals surface area contributed by atoms with Crippen LogP contribution in [0.1, 0.15) is 30.5 Å². The standard InChI is InChI=1S/C26H23N3O/c1-26(2,30)15-14-21-10-13-24-23(17-21)25(28-18-27-24)29-22-11-8-20(9-12-22)16-19-6-4-3-5-7-19/h3-13,17-18,30H,16H2,1-2H3,(H,27,28,29). The third kappa shape index (κ3) is 5.02. The molecule has 30 heavy (non-hydrogen) atoms. The molecule has 0 spiro atoms. The van der Waals surface area contributed by atoms with Gasteiger partial charge < -0.3 is 10.4 Å². The summed E-state index contributed by atoms with van der Waals surface area (Å²) in [6, 6.07) is 24.6. The van der Waals surface area contributed by atoms with Crippen molar-refractivity contribution in [3.8, 4) is 11.8 Å². The van der Waals surface area contributed by atoms with Crippen LogP contribution in [0.5, 0.6) is 0 Å². The van der Waals surface area contributed by atoms with Crippen molar-refractivity contribution in [1.29, 1.82) is 0 Å². The van der Waals surface area contributed by atoms with E-state index in [0.717, 1.165) is 34.4 Å². The minimum absolute atomic E-state index is 0.725. The average molecular weight is 393 g/mol. The van der Waals surface area contributed by atoms with Gasteiger partial charge in [0, 0.05) is 16.6 Å². The molecule has 0 atom stereocenters. The highest BCUT2D eigenvalue weighted by atomic mass is 16.3. The molecule has 2 N–H and O–H groups in total. The second-order valence-corrected chi connectivity index (χ2v) is 7.75. The number of rotatable bonds is 4. The number of hydrogen-bond acceptors (Lipinski definition) is 4. The lowest BCUT2D eigenvalue weighted by atomic mass is 10.0. The zero-order valence-corrected chi connectivity index (χ0v) is 17.1. The van der Waals surface area contributed by atoms with Crippen molar-refractivity contribution in [2.75, 3.05) is 5.32 Å². The van der Waals surface area contributed by atoms with Crippen molar-refractivity contribution in [3.05, 3.63) is 95.8 Å². The van der Waals surface area contributed by atoms with Crippen LogP contribution >= 0.6 is 0 Å². The molecule has 0 saturated heterocycles. The summed E-state index contributed by atoms with van der Waals surface area (Å²) in [5, 5.41) is 14.1. The zero-order chi connectivity index (χ0) is 21.0. The van der Waals surface area contributed by atoms with Crippen molar-refractivity contribution in [1.82, 2.24) is 9.97 Å². The zero-order valence-electron chi connectivity index (χ0n) is 17.1. The van der Waals surface area contributed by atoms with Gasteiger partial charge in [-0.3, -0.25) is 0 Å². The Labute approximate surface area is 176 Å². The van der Waals surface area contributed by atoms with Gasteiger partial charge in [-0.2, -0.15) is 0 Å². The Hall–Kier alpha value is -3.68. The lowest BCUT2D eigenvalue weighted by Crippen LogP contribution is -2.14. The van der Waals surface area contributed by atoms with Gasteiger partial charge in [-0.05, 0) is 61.7 Å². The van der Waals surface area contributed by atoms with Crippen LogP contribution < -0.4 is 5.32 Å². The van der Waals surface area contributed by atoms with E-state index < -0.39 is 5.60 Å². The Morgan fingerprint density at radius 3 is 2.37 bits per heavy atom. The van der Waals surface area contributed by atoms with Crippen molar-refractivity contribution in [2.45, 2.75) is 25.9 Å². The minimum atomic E-state index is -1.04. The fourth-order valence-corrected chi connectivity index (χ4v) is 3.13. The molecular formula is C26H23N3O. The first-order valence-electron chi connectivity index (χ1n) is 9.86. The van der Waals surface area contributed by atoms with Crippen LogP contribution in [0, 0.1) is 11.8 Å². The predicted molar refractivity (Wildman–Crippen MR) is 122 cm³/mol. The first-order valence-corrected chi connectivity index (χ1v) is 9.86. The highest BCUT2D eigenvalue weighted by Gasteiger charge is 2.08. The molecule has 4 aromatic rings. The maximum Gasteiger partial charge on any atom is 0.141 e. The van der Waals surface area contributed by atoms with Crippen LogP contribution in [0.3, 0.4) is 0 Å². The summed E-state index contributed by atoms with van der Waals surface area (Å²) in [7, 11) is 0. The number of anilines is 2. The van der Waals surface area contributed by atoms with Crippen LogP contribution in [0.25, 0.3) is 10.9 Å². The molecule has 3 aromatic carbocycles. The molecule has 0 aliphatic carbocycles. The van der Waals surface area contributed by atoms with Gasteiger partial charge in [-0.25, -0.2) is 9.97 Å². The smallest absolute Gasteiger partial charge is 0.141 e. The van der Waals surface area contributed by atoms with Gasteiger partial charge >= 0.3 is 0 Å². The maximum absolute atomic E-state index is 9.85. The van der Waals surface area contributed by atoms with Crippen LogP contribution in [0.4, 0.5) is 11.5 Å². The number of aromatic nitrogens is 2. The molecule has 0 amide bonds. The van der Waals surface area contributed by atoms with E-state index in [9.17, 15) is 5.11 Å². The van der Waals surface area contributed by atoms with E-state index in [1.807, 2.05) is 24.3 Å². The van der Waals surface area contributed by atoms with Gasteiger partial charge in [0.1, 0.15) is 17.7 Å². The second-order valence-electron chi connectivity index (χ2n) is 7.75. The summed E-state index contributed by atoms with van der Waals surface area (Å²) < 4.78 is 0. The molecule has 0 saturated carbocycles. The van der Waals surface area contributed by atoms with Crippen LogP contribution in [-0.2, 0) is 6.42 Å². The molecule has 0 radical (unpaired) electrons. The maximum atomic E-state index is 9.85. The summed E-state index contributed by atoms with van der Waals surface area (Å²) >= 11 is 0. The van der Waals surface area contributed by atoms with Crippen LogP contribution in [0.2, 0.25) is 0 Å². The second kappa shape index (κ2) is 8.36. The monoisotopic (exact) mass is 393 g/mol. The summed E-state index contributed by atoms with van der Waals surface area (Å²) in [5.74, 6) is 6.58. The third-order valence-electron chi connectivity index (χ3n) is 4.62. The van der Waals surface area contributed by atoms with Gasteiger partial charge in [0.15, 0.2) is 0 Å². The van der Waals surface area contributed by atoms with E-state index in [-0.39, 0.29) is 0 Å². The molecule has 4 heteroatoms. The summed E-state index contributed by atoms with van der Waals surface area (Å²) in [4.78, 5) is 8.77. The van der Waals surface area contributed by atoms with Crippen molar-refractivity contribution in [3.63, 3.8) is 0 Å². The Morgan fingerprint density at radius 1 is 0.900 bits per heavy atom. The van der Waals surface area contributed by atoms with E-state index >= 15 is 0 Å². The number of nitrogens with one attached hydrogen (secondary N) is 1. The molecule has 0 fully saturated rings. The average Bonchev–Trinajstić information content (AvgIpc) is 2.74. The Balaban J connectivity index is 1.57. The first kappa shape index (κ1) is 19.6. The Kier molecular flexibility index (Phi) is 5.47. The van der Waals surface area contributed by atoms with E-state index in [2.05, 4.69) is 75.7 Å². The molecule has 148 valence electrons. The molecule has 4 rings (SSSR count). The van der Waals surface area contributed by atoms with Crippen molar-refractivity contribution in [2.24, 2.45) is 0 Å². The van der Waals surface area contributed by atoms with E-state index in [0.29, 0.717) is 0 Å². The summed E-state index contributed by atoms with van der Waals surface area (Å²) in [6.07, 6.45) is 2.46. The fraction of sp³-hybridized carbons (Fsp3) is 0.154. The quantitative estimate of drug-likeness (QED) is 0.474. The number of hydrogen-bond donors (Lipinski definition) is 2. The molecule has 0 aliphatic heterocycles. The predicted octanol–water partition coefficient (Wildman–Crippen LogP) is 5.09. The normalized spacial score (nSPS) is 11.0. The first-order chi connectivity index (χ1) is 14.5. The number of fused-ring (bicyclic) bond motifs is 1. The lowest BCUT2D eigenvalue weighted by molar-refractivity contribution is 0.143. The molecule has 1 heterocycles. The van der Waals surface area contributed by atoms with E-state index in [4.69, 9.17) is 0 Å². The van der Waals surface area contributed by atoms with Gasteiger partial charge in [0.2, 0.25) is 0 Å². The molecular weight excluding hydrogens is 370 g/mol. The van der Waals surface area contributed by atoms with Crippen molar-refractivity contribution < 1.29 is 5.11 Å². The van der Waals surface area contributed by atoms with Gasteiger partial charge in [0.25, 0.3) is 0 Å². The molecule has 1 aromatic heterocycles. The van der Waals surface area contributed by atoms with Crippen molar-refractivity contribution >= 4 is 22.4 Å². The fourth-order valence-electron chi connectivity index (χ4n) is 3.13. The summed E-state index contributed by atoms with van der Waals surface area (Å²) in [5.41, 5.74) is 4.11. The topological polar surface area (TPSA) is 58.0 Å². The van der Waals surface area contributed by atoms with Gasteiger partial charge in [0.05, 0.1) is 5.52 Å². The minimum Gasteiger partial charge on any atom is -0.378 e. The Morgan fingerprint density at radius 2 is 1.63 bits per heavy atom. The number of nitrogens with zero attached hydrogens (tertiary/aromatic N) is 2. The largest absolute Gasteiger partial charge is 0.378 e. The van der Waals surface area contributed by atoms with Crippen LogP contribution in [0.15, 0.2) is 79.1 Å². The summed E-state index contributed by atoms with van der Waals surface area (Å²) in [6.45, 7) is 3.33. The SMILES string of the molecule is CC(C)(O)C#Cc1ccc2ncnc(Nc3ccc(Cc4ccccc4)cc3)c2c1. The number of aliphatic hydroxyl groups is 1. The highest BCUT2D eigenvalue weighted by Crippen LogP contribution is 2.24. The highest BCUT2D eigenvalue weighted by molar-refractivity contribution is 5.91. The molecule has 4 nitrogen and oxygen atoms in total. The lowest BCUT2D eigenvalue weighted by Gasteiger charge is -2.10. The molecule has 0 aliphatic rings. The van der Waals surface area contributed by atoms with Crippen LogP contribution in [-0.4, -0.2) is 20.7 Å². The van der Waals surface area contributed by atoms with E-state index in [1.54, 1.807) is 20.2 Å². The molecule has 0 unspecified atom stereocenters. The van der Waals surface area contributed by atoms with Gasteiger partial charge in [-0.15, -0.1) is 0 Å². The van der Waals surface area contributed by atoms with Gasteiger partial charge in [-0.1, -0.05) is 54.3 Å². The Bertz CT molecular complexity index is 1210. The number of benzene rings is 3.